The molecular weight excluding hydrogens is 380 g/mol. The number of rotatable bonds is 7. The summed E-state index contributed by atoms with van der Waals surface area (Å²) in [6, 6.07) is 8.63. The molecule has 0 aliphatic carbocycles. The van der Waals surface area contributed by atoms with Crippen LogP contribution < -0.4 is 5.32 Å². The summed E-state index contributed by atoms with van der Waals surface area (Å²) in [4.78, 5) is 0.269. The molecule has 1 heterocycles. The Bertz CT molecular complexity index is 869. The minimum absolute atomic E-state index is 0.131. The van der Waals surface area contributed by atoms with Crippen LogP contribution in [-0.2, 0) is 10.0 Å². The van der Waals surface area contributed by atoms with E-state index in [0.717, 1.165) is 17.1 Å². The zero-order valence-corrected chi connectivity index (χ0v) is 16.5. The Balaban J connectivity index is 2.21. The minimum Gasteiger partial charge on any atom is -0.368 e. The summed E-state index contributed by atoms with van der Waals surface area (Å²) in [5.74, 6) is 0. The van der Waals surface area contributed by atoms with E-state index in [2.05, 4.69) is 9.69 Å². The van der Waals surface area contributed by atoms with Gasteiger partial charge in [-0.1, -0.05) is 37.6 Å². The smallest absolute Gasteiger partial charge is 0.243 e. The Hall–Kier alpha value is -1.66. The molecule has 9 heteroatoms. The predicted octanol–water partition coefficient (Wildman–Crippen LogP) is 3.87. The van der Waals surface area contributed by atoms with E-state index in [9.17, 15) is 8.42 Å². The molecule has 2 aromatic rings. The highest BCUT2D eigenvalue weighted by Crippen LogP contribution is 2.31. The summed E-state index contributed by atoms with van der Waals surface area (Å²) in [7, 11) is -3.47. The molecule has 6 nitrogen and oxygen atoms in total. The van der Waals surface area contributed by atoms with E-state index in [1.807, 2.05) is 26.8 Å². The van der Waals surface area contributed by atoms with E-state index in [0.29, 0.717) is 23.7 Å². The van der Waals surface area contributed by atoms with Gasteiger partial charge in [0.1, 0.15) is 16.6 Å². The third kappa shape index (κ3) is 4.12. The molecule has 1 atom stereocenters. The van der Waals surface area contributed by atoms with Gasteiger partial charge >= 0.3 is 0 Å². The number of benzene rings is 1. The standard InChI is InChI=1S/C16H19ClN4O2S2/c1-4-21(5-2)25(22,23)13-8-6-12(7-9-13)11(3)19-16-14(10-18)15(17)20-24-16/h6-9,11,19H,4-5H2,1-3H3. The van der Waals surface area contributed by atoms with Crippen molar-refractivity contribution in [1.82, 2.24) is 8.68 Å². The number of nitriles is 1. The molecule has 0 aliphatic rings. The highest BCUT2D eigenvalue weighted by molar-refractivity contribution is 7.89. The average molecular weight is 399 g/mol. The highest BCUT2D eigenvalue weighted by Gasteiger charge is 2.22. The van der Waals surface area contributed by atoms with Crippen LogP contribution in [0, 0.1) is 11.3 Å². The van der Waals surface area contributed by atoms with E-state index < -0.39 is 10.0 Å². The third-order valence-electron chi connectivity index (χ3n) is 3.83. The fraction of sp³-hybridized carbons (Fsp3) is 0.375. The molecule has 0 spiro atoms. The monoisotopic (exact) mass is 398 g/mol. The predicted molar refractivity (Wildman–Crippen MR) is 100 cm³/mol. The second-order valence-corrected chi connectivity index (χ2v) is 8.38. The fourth-order valence-electron chi connectivity index (χ4n) is 2.39. The van der Waals surface area contributed by atoms with Crippen LogP contribution in [0.5, 0.6) is 0 Å². The maximum atomic E-state index is 12.5. The first-order valence-electron chi connectivity index (χ1n) is 7.77. The molecule has 0 amide bonds. The van der Waals surface area contributed by atoms with Gasteiger partial charge in [-0.3, -0.25) is 0 Å². The lowest BCUT2D eigenvalue weighted by Crippen LogP contribution is -2.30. The molecule has 0 radical (unpaired) electrons. The Labute approximate surface area is 157 Å². The molecule has 0 saturated heterocycles. The normalized spacial score (nSPS) is 12.8. The van der Waals surface area contributed by atoms with Crippen molar-refractivity contribution in [2.75, 3.05) is 18.4 Å². The Morgan fingerprint density at radius 1 is 1.32 bits per heavy atom. The van der Waals surface area contributed by atoms with Crippen molar-refractivity contribution >= 4 is 38.2 Å². The summed E-state index contributed by atoms with van der Waals surface area (Å²) in [5, 5.41) is 13.1. The molecule has 0 saturated carbocycles. The van der Waals surface area contributed by atoms with Gasteiger partial charge in [-0.15, -0.1) is 0 Å². The fourth-order valence-corrected chi connectivity index (χ4v) is 4.87. The van der Waals surface area contributed by atoms with Crippen LogP contribution in [0.2, 0.25) is 5.15 Å². The zero-order valence-electron chi connectivity index (χ0n) is 14.2. The quantitative estimate of drug-likeness (QED) is 0.764. The van der Waals surface area contributed by atoms with Crippen LogP contribution in [0.4, 0.5) is 5.00 Å². The molecule has 1 aromatic carbocycles. The van der Waals surface area contributed by atoms with E-state index in [-0.39, 0.29) is 16.1 Å². The van der Waals surface area contributed by atoms with Crippen LogP contribution >= 0.6 is 23.1 Å². The Kier molecular flexibility index (Phi) is 6.41. The number of hydrogen-bond donors (Lipinski definition) is 1. The molecule has 0 fully saturated rings. The third-order valence-corrected chi connectivity index (χ3v) is 7.05. The van der Waals surface area contributed by atoms with Gasteiger partial charge in [0.15, 0.2) is 5.15 Å². The number of aromatic nitrogens is 1. The van der Waals surface area contributed by atoms with E-state index >= 15 is 0 Å². The largest absolute Gasteiger partial charge is 0.368 e. The average Bonchev–Trinajstić information content (AvgIpc) is 2.95. The van der Waals surface area contributed by atoms with Crippen molar-refractivity contribution in [3.63, 3.8) is 0 Å². The van der Waals surface area contributed by atoms with Gasteiger partial charge < -0.3 is 5.32 Å². The van der Waals surface area contributed by atoms with E-state index in [4.69, 9.17) is 16.9 Å². The zero-order chi connectivity index (χ0) is 18.6. The summed E-state index contributed by atoms with van der Waals surface area (Å²) in [6.45, 7) is 6.41. The van der Waals surface area contributed by atoms with Crippen LogP contribution in [0.3, 0.4) is 0 Å². The molecule has 134 valence electrons. The molecule has 1 aromatic heterocycles. The SMILES string of the molecule is CCN(CC)S(=O)(=O)c1ccc(C(C)Nc2snc(Cl)c2C#N)cc1. The van der Waals surface area contributed by atoms with Crippen molar-refractivity contribution in [2.24, 2.45) is 0 Å². The van der Waals surface area contributed by atoms with Gasteiger partial charge in [0, 0.05) is 19.1 Å². The van der Waals surface area contributed by atoms with Gasteiger partial charge in [0.2, 0.25) is 10.0 Å². The first kappa shape index (κ1) is 19.7. The molecule has 0 bridgehead atoms. The first-order chi connectivity index (χ1) is 11.8. The molecule has 1 unspecified atom stereocenters. The van der Waals surface area contributed by atoms with Crippen molar-refractivity contribution < 1.29 is 8.42 Å². The molecule has 1 N–H and O–H groups in total. The minimum atomic E-state index is -3.47. The van der Waals surface area contributed by atoms with Gasteiger partial charge in [-0.05, 0) is 36.2 Å². The lowest BCUT2D eigenvalue weighted by Gasteiger charge is -2.19. The first-order valence-corrected chi connectivity index (χ1v) is 10.4. The molecule has 2 rings (SSSR count). The topological polar surface area (TPSA) is 86.1 Å². The molecule has 0 aliphatic heterocycles. The Morgan fingerprint density at radius 2 is 1.92 bits per heavy atom. The number of sulfonamides is 1. The van der Waals surface area contributed by atoms with Gasteiger partial charge in [-0.2, -0.15) is 13.9 Å². The summed E-state index contributed by atoms with van der Waals surface area (Å²) < 4.78 is 30.4. The van der Waals surface area contributed by atoms with Gasteiger partial charge in [0.25, 0.3) is 0 Å². The van der Waals surface area contributed by atoms with Crippen LogP contribution in [0.25, 0.3) is 0 Å². The number of hydrogen-bond acceptors (Lipinski definition) is 6. The Morgan fingerprint density at radius 3 is 2.44 bits per heavy atom. The van der Waals surface area contributed by atoms with E-state index in [1.165, 1.54) is 4.31 Å². The van der Waals surface area contributed by atoms with Crippen LogP contribution in [-0.4, -0.2) is 30.2 Å². The van der Waals surface area contributed by atoms with E-state index in [1.54, 1.807) is 24.3 Å². The number of nitrogens with one attached hydrogen (secondary N) is 1. The van der Waals surface area contributed by atoms with Crippen molar-refractivity contribution in [2.45, 2.75) is 31.7 Å². The highest BCUT2D eigenvalue weighted by atomic mass is 35.5. The maximum absolute atomic E-state index is 12.5. The summed E-state index contributed by atoms with van der Waals surface area (Å²) in [6.07, 6.45) is 0. The van der Waals surface area contributed by atoms with Gasteiger partial charge in [-0.25, -0.2) is 8.42 Å². The lowest BCUT2D eigenvalue weighted by molar-refractivity contribution is 0.445. The molecular formula is C16H19ClN4O2S2. The van der Waals surface area contributed by atoms with Crippen LogP contribution in [0.1, 0.15) is 37.9 Å². The van der Waals surface area contributed by atoms with Crippen molar-refractivity contribution in [3.8, 4) is 6.07 Å². The maximum Gasteiger partial charge on any atom is 0.243 e. The summed E-state index contributed by atoms with van der Waals surface area (Å²) in [5.41, 5.74) is 1.21. The van der Waals surface area contributed by atoms with Crippen molar-refractivity contribution in [3.05, 3.63) is 40.5 Å². The number of anilines is 1. The second-order valence-electron chi connectivity index (χ2n) is 5.31. The lowest BCUT2D eigenvalue weighted by atomic mass is 10.1. The summed E-state index contributed by atoms with van der Waals surface area (Å²) >= 11 is 6.99. The molecule has 25 heavy (non-hydrogen) atoms. The van der Waals surface area contributed by atoms with Gasteiger partial charge in [0.05, 0.1) is 4.90 Å². The number of nitrogens with zero attached hydrogens (tertiary/aromatic N) is 3. The second kappa shape index (κ2) is 8.15. The van der Waals surface area contributed by atoms with Crippen molar-refractivity contribution in [1.29, 1.82) is 5.26 Å². The number of halogens is 1. The van der Waals surface area contributed by atoms with Crippen LogP contribution in [0.15, 0.2) is 29.2 Å².